The van der Waals surface area contributed by atoms with Gasteiger partial charge < -0.3 is 20.1 Å². The molecule has 0 spiro atoms. The highest BCUT2D eigenvalue weighted by Gasteiger charge is 2.30. The van der Waals surface area contributed by atoms with E-state index in [4.69, 9.17) is 9.47 Å². The monoisotopic (exact) mass is 655 g/mol. The van der Waals surface area contributed by atoms with E-state index in [2.05, 4.69) is 35.5 Å². The minimum absolute atomic E-state index is 0.0222. The van der Waals surface area contributed by atoms with Gasteiger partial charge in [0.1, 0.15) is 16.4 Å². The number of carbonyl (C=O) groups is 1. The van der Waals surface area contributed by atoms with Crippen LogP contribution in [-0.4, -0.2) is 72.3 Å². The number of alkyl halides is 3. The average Bonchev–Trinajstić information content (AvgIpc) is 3.61. The first-order valence-electron chi connectivity index (χ1n) is 13.4. The number of sulfonamides is 1. The Labute approximate surface area is 255 Å². The molecule has 3 heterocycles. The summed E-state index contributed by atoms with van der Waals surface area (Å²) < 4.78 is 75.6. The van der Waals surface area contributed by atoms with Crippen molar-refractivity contribution in [3.05, 3.63) is 46.7 Å². The molecule has 44 heavy (non-hydrogen) atoms. The molecule has 0 aliphatic heterocycles. The minimum atomic E-state index is -4.64. The molecule has 3 aromatic heterocycles. The van der Waals surface area contributed by atoms with Crippen molar-refractivity contribution >= 4 is 49.5 Å². The highest BCUT2D eigenvalue weighted by molar-refractivity contribution is 7.92. The first-order chi connectivity index (χ1) is 20.7. The van der Waals surface area contributed by atoms with Crippen molar-refractivity contribution < 1.29 is 35.9 Å². The topological polar surface area (TPSA) is 160 Å². The number of amides is 1. The van der Waals surface area contributed by atoms with E-state index in [1.165, 1.54) is 36.9 Å². The van der Waals surface area contributed by atoms with Gasteiger partial charge in [-0.15, -0.1) is 11.3 Å². The second kappa shape index (κ2) is 13.9. The molecule has 0 radical (unpaired) electrons. The number of fused-ring (bicyclic) bond motifs is 1. The Balaban J connectivity index is 1.53. The van der Waals surface area contributed by atoms with Crippen molar-refractivity contribution in [3.63, 3.8) is 0 Å². The maximum Gasteiger partial charge on any atom is 0.390 e. The SMILES string of the molecule is COc1ncc(-c2cc(NC(=O)c3csc(CNC[C@H](C)OC(C)C)n3)c3cn[nH]c3c2)cc1NS(=O)(=O)CCC(F)(F)F. The third-order valence-corrected chi connectivity index (χ3v) is 8.22. The Morgan fingerprint density at radius 3 is 2.57 bits per heavy atom. The van der Waals surface area contributed by atoms with Gasteiger partial charge >= 0.3 is 6.18 Å². The lowest BCUT2D eigenvalue weighted by molar-refractivity contribution is -0.129. The summed E-state index contributed by atoms with van der Waals surface area (Å²) in [7, 11) is -3.12. The summed E-state index contributed by atoms with van der Waals surface area (Å²) >= 11 is 1.34. The fraction of sp³-hybridized carbons (Fsp3) is 0.407. The Morgan fingerprint density at radius 1 is 1.11 bits per heavy atom. The van der Waals surface area contributed by atoms with Crippen LogP contribution in [-0.2, 0) is 21.3 Å². The standard InChI is InChI=1S/C27H32F3N7O5S2/c1-15(2)42-16(3)10-31-13-24-34-23(14-43-24)25(38)35-20-7-17(8-21-19(20)12-33-36-21)18-9-22(26(41-4)32-11-18)37-44(39,40)6-5-27(28,29)30/h7-9,11-12,14-16,31,37H,5-6,10,13H2,1-4H3,(H,33,36)(H,35,38)/t16-/m0/s1. The number of hydrogen-bond acceptors (Lipinski definition) is 10. The number of thiazole rings is 1. The van der Waals surface area contributed by atoms with E-state index in [9.17, 15) is 26.4 Å². The summed E-state index contributed by atoms with van der Waals surface area (Å²) in [5.41, 5.74) is 1.93. The number of aromatic amines is 1. The molecule has 0 saturated heterocycles. The molecule has 4 aromatic rings. The van der Waals surface area contributed by atoms with Gasteiger partial charge in [0.2, 0.25) is 15.9 Å². The molecule has 4 rings (SSSR count). The molecule has 0 saturated carbocycles. The summed E-state index contributed by atoms with van der Waals surface area (Å²) in [6.45, 7) is 7.01. The van der Waals surface area contributed by atoms with Crippen molar-refractivity contribution in [1.29, 1.82) is 0 Å². The van der Waals surface area contributed by atoms with E-state index in [0.717, 1.165) is 5.01 Å². The van der Waals surface area contributed by atoms with Crippen molar-refractivity contribution in [2.24, 2.45) is 0 Å². The Morgan fingerprint density at radius 2 is 1.86 bits per heavy atom. The number of halogens is 3. The van der Waals surface area contributed by atoms with Crippen molar-refractivity contribution in [2.75, 3.05) is 29.4 Å². The Kier molecular flexibility index (Phi) is 10.4. The van der Waals surface area contributed by atoms with Crippen molar-refractivity contribution in [1.82, 2.24) is 25.5 Å². The number of pyridine rings is 1. The fourth-order valence-electron chi connectivity index (χ4n) is 4.21. The number of hydrogen-bond donors (Lipinski definition) is 4. The zero-order chi connectivity index (χ0) is 32.1. The van der Waals surface area contributed by atoms with Crippen LogP contribution in [0.4, 0.5) is 24.5 Å². The lowest BCUT2D eigenvalue weighted by Gasteiger charge is -2.16. The number of methoxy groups -OCH3 is 1. The van der Waals surface area contributed by atoms with Crippen LogP contribution in [0.2, 0.25) is 0 Å². The normalized spacial score (nSPS) is 12.9. The summed E-state index contributed by atoms with van der Waals surface area (Å²) in [5.74, 6) is -1.74. The van der Waals surface area contributed by atoms with Gasteiger partial charge in [0.25, 0.3) is 5.91 Å². The molecule has 1 atom stereocenters. The van der Waals surface area contributed by atoms with Crippen LogP contribution in [0.3, 0.4) is 0 Å². The molecular formula is C27H32F3N7O5S2. The second-order valence-corrected chi connectivity index (χ2v) is 12.9. The number of ether oxygens (including phenoxy) is 2. The zero-order valence-corrected chi connectivity index (χ0v) is 25.9. The quantitative estimate of drug-likeness (QED) is 0.148. The van der Waals surface area contributed by atoms with Crippen LogP contribution in [0.25, 0.3) is 22.0 Å². The molecule has 0 unspecified atom stereocenters. The number of benzene rings is 1. The fourth-order valence-corrected chi connectivity index (χ4v) is 6.04. The Bertz CT molecular complexity index is 1710. The van der Waals surface area contributed by atoms with E-state index in [1.54, 1.807) is 17.5 Å². The summed E-state index contributed by atoms with van der Waals surface area (Å²) in [6.07, 6.45) is -3.07. The van der Waals surface area contributed by atoms with E-state index >= 15 is 0 Å². The van der Waals surface area contributed by atoms with Crippen LogP contribution in [0.1, 0.15) is 42.7 Å². The number of carbonyl (C=O) groups excluding carboxylic acids is 1. The predicted octanol–water partition coefficient (Wildman–Crippen LogP) is 4.94. The van der Waals surface area contributed by atoms with Gasteiger partial charge in [-0.2, -0.15) is 18.3 Å². The van der Waals surface area contributed by atoms with E-state index in [-0.39, 0.29) is 29.5 Å². The first-order valence-corrected chi connectivity index (χ1v) is 16.0. The minimum Gasteiger partial charge on any atom is -0.480 e. The van der Waals surface area contributed by atoms with E-state index in [0.29, 0.717) is 40.8 Å². The number of aromatic nitrogens is 4. The van der Waals surface area contributed by atoms with Gasteiger partial charge in [0.05, 0.1) is 48.9 Å². The molecule has 17 heteroatoms. The Hall–Kier alpha value is -3.80. The third-order valence-electron chi connectivity index (χ3n) is 6.10. The summed E-state index contributed by atoms with van der Waals surface area (Å²) in [6, 6.07) is 4.74. The molecule has 1 aromatic carbocycles. The van der Waals surface area contributed by atoms with Crippen molar-refractivity contribution in [3.8, 4) is 17.0 Å². The van der Waals surface area contributed by atoms with E-state index in [1.807, 2.05) is 20.8 Å². The molecule has 0 bridgehead atoms. The highest BCUT2D eigenvalue weighted by atomic mass is 32.2. The summed E-state index contributed by atoms with van der Waals surface area (Å²) in [5, 5.41) is 16.0. The van der Waals surface area contributed by atoms with Gasteiger partial charge in [-0.05, 0) is 44.5 Å². The van der Waals surface area contributed by atoms with Crippen LogP contribution < -0.4 is 20.1 Å². The van der Waals surface area contributed by atoms with Crippen LogP contribution >= 0.6 is 11.3 Å². The van der Waals surface area contributed by atoms with E-state index < -0.39 is 34.3 Å². The average molecular weight is 656 g/mol. The molecule has 0 aliphatic rings. The molecule has 238 valence electrons. The largest absolute Gasteiger partial charge is 0.480 e. The van der Waals surface area contributed by atoms with Crippen LogP contribution in [0, 0.1) is 0 Å². The lowest BCUT2D eigenvalue weighted by atomic mass is 10.0. The maximum absolute atomic E-state index is 13.1. The van der Waals surface area contributed by atoms with Gasteiger partial charge in [-0.25, -0.2) is 18.4 Å². The smallest absolute Gasteiger partial charge is 0.390 e. The highest BCUT2D eigenvalue weighted by Crippen LogP contribution is 2.34. The van der Waals surface area contributed by atoms with Gasteiger partial charge in [-0.1, -0.05) is 0 Å². The molecule has 1 amide bonds. The maximum atomic E-state index is 13.1. The number of nitrogens with one attached hydrogen (secondary N) is 4. The number of anilines is 2. The van der Waals surface area contributed by atoms with Crippen molar-refractivity contribution in [2.45, 2.75) is 52.1 Å². The molecule has 0 aliphatic carbocycles. The molecular weight excluding hydrogens is 623 g/mol. The predicted molar refractivity (Wildman–Crippen MR) is 161 cm³/mol. The van der Waals surface area contributed by atoms with Crippen LogP contribution in [0.15, 0.2) is 36.0 Å². The second-order valence-electron chi connectivity index (χ2n) is 10.1. The molecule has 0 fully saturated rings. The molecule has 12 nitrogen and oxygen atoms in total. The lowest BCUT2D eigenvalue weighted by Crippen LogP contribution is -2.28. The van der Waals surface area contributed by atoms with Gasteiger partial charge in [0, 0.05) is 35.6 Å². The van der Waals surface area contributed by atoms with Crippen LogP contribution in [0.5, 0.6) is 5.88 Å². The molecule has 4 N–H and O–H groups in total. The number of nitrogens with zero attached hydrogens (tertiary/aromatic N) is 3. The number of rotatable bonds is 14. The third kappa shape index (κ3) is 9.10. The summed E-state index contributed by atoms with van der Waals surface area (Å²) in [4.78, 5) is 21.7. The first kappa shape index (κ1) is 33.1. The zero-order valence-electron chi connectivity index (χ0n) is 24.3. The number of H-pyrrole nitrogens is 1. The van der Waals surface area contributed by atoms with Gasteiger partial charge in [0.15, 0.2) is 0 Å². The van der Waals surface area contributed by atoms with Gasteiger partial charge in [-0.3, -0.25) is 14.6 Å².